The molecule has 1 heterocycles. The van der Waals surface area contributed by atoms with Crippen LogP contribution in [0.4, 0.5) is 0 Å². The van der Waals surface area contributed by atoms with Crippen molar-refractivity contribution in [1.82, 2.24) is 5.32 Å². The first-order valence-corrected chi connectivity index (χ1v) is 6.80. The first-order chi connectivity index (χ1) is 8.56. The third-order valence-electron chi connectivity index (χ3n) is 2.49. The molecule has 0 aliphatic carbocycles. The minimum Gasteiger partial charge on any atom is -0.475 e. The summed E-state index contributed by atoms with van der Waals surface area (Å²) < 4.78 is 5.04. The Hall–Kier alpha value is -1.43. The zero-order chi connectivity index (χ0) is 13.5. The number of carbonyl (C=O) groups is 2. The summed E-state index contributed by atoms with van der Waals surface area (Å²) >= 11 is 1.19. The van der Waals surface area contributed by atoms with E-state index >= 15 is 0 Å². The maximum absolute atomic E-state index is 11.6. The summed E-state index contributed by atoms with van der Waals surface area (Å²) in [6, 6.07) is 3.13. The van der Waals surface area contributed by atoms with Crippen molar-refractivity contribution in [3.05, 3.63) is 17.9 Å². The molecule has 0 saturated carbocycles. The summed E-state index contributed by atoms with van der Waals surface area (Å²) in [7, 11) is 0. The number of thioether (sulfide) groups is 1. The van der Waals surface area contributed by atoms with Gasteiger partial charge in [-0.15, -0.1) is 0 Å². The number of hydrogen-bond donors (Lipinski definition) is 2. The van der Waals surface area contributed by atoms with Gasteiger partial charge >= 0.3 is 5.97 Å². The van der Waals surface area contributed by atoms with Crippen molar-refractivity contribution in [2.24, 2.45) is 0 Å². The molecule has 0 aliphatic heterocycles. The molecule has 0 aromatic carbocycles. The highest BCUT2D eigenvalue weighted by molar-refractivity contribution is 7.99. The maximum atomic E-state index is 11.6. The molecule has 5 nitrogen and oxygen atoms in total. The zero-order valence-corrected chi connectivity index (χ0v) is 11.3. The van der Waals surface area contributed by atoms with Crippen LogP contribution in [0.25, 0.3) is 0 Å². The lowest BCUT2D eigenvalue weighted by atomic mass is 10.2. The SMILES string of the molecule is CCC(CC)NC(=O)CSc1ccc(C(=O)O)o1. The van der Waals surface area contributed by atoms with Gasteiger partial charge in [0.15, 0.2) is 5.09 Å². The van der Waals surface area contributed by atoms with E-state index in [1.54, 1.807) is 6.07 Å². The Kier molecular flexibility index (Phi) is 5.77. The highest BCUT2D eigenvalue weighted by Crippen LogP contribution is 2.20. The van der Waals surface area contributed by atoms with E-state index in [0.717, 1.165) is 12.8 Å². The highest BCUT2D eigenvalue weighted by atomic mass is 32.2. The molecule has 100 valence electrons. The van der Waals surface area contributed by atoms with Gasteiger partial charge in [0.05, 0.1) is 5.75 Å². The molecule has 0 spiro atoms. The van der Waals surface area contributed by atoms with Crippen LogP contribution >= 0.6 is 11.8 Å². The zero-order valence-electron chi connectivity index (χ0n) is 10.4. The second kappa shape index (κ2) is 7.10. The van der Waals surface area contributed by atoms with E-state index in [2.05, 4.69) is 5.32 Å². The van der Waals surface area contributed by atoms with Crippen molar-refractivity contribution in [3.8, 4) is 0 Å². The van der Waals surface area contributed by atoms with Gasteiger partial charge in [-0.3, -0.25) is 4.79 Å². The third-order valence-corrected chi connectivity index (χ3v) is 3.40. The standard InChI is InChI=1S/C12H17NO4S/c1-3-8(4-2)13-10(14)7-18-11-6-5-9(17-11)12(15)16/h5-6,8H,3-4,7H2,1-2H3,(H,13,14)(H,15,16). The number of amides is 1. The van der Waals surface area contributed by atoms with Crippen LogP contribution < -0.4 is 5.32 Å². The van der Waals surface area contributed by atoms with Crippen molar-refractivity contribution < 1.29 is 19.1 Å². The lowest BCUT2D eigenvalue weighted by Gasteiger charge is -2.13. The van der Waals surface area contributed by atoms with E-state index in [4.69, 9.17) is 9.52 Å². The predicted molar refractivity (Wildman–Crippen MR) is 68.9 cm³/mol. The maximum Gasteiger partial charge on any atom is 0.371 e. The molecule has 6 heteroatoms. The summed E-state index contributed by atoms with van der Waals surface area (Å²) in [6.45, 7) is 4.04. The van der Waals surface area contributed by atoms with Gasteiger partial charge in [-0.1, -0.05) is 25.6 Å². The summed E-state index contributed by atoms with van der Waals surface area (Å²) in [5, 5.41) is 12.0. The first kappa shape index (κ1) is 14.6. The second-order valence-corrected chi connectivity index (χ2v) is 4.77. The van der Waals surface area contributed by atoms with Crippen molar-refractivity contribution >= 4 is 23.6 Å². The molecule has 1 aromatic heterocycles. The first-order valence-electron chi connectivity index (χ1n) is 5.82. The number of nitrogens with one attached hydrogen (secondary N) is 1. The van der Waals surface area contributed by atoms with Crippen molar-refractivity contribution in [3.63, 3.8) is 0 Å². The van der Waals surface area contributed by atoms with Crippen LogP contribution in [-0.2, 0) is 4.79 Å². The molecule has 0 radical (unpaired) electrons. The summed E-state index contributed by atoms with van der Waals surface area (Å²) in [6.07, 6.45) is 1.80. The average molecular weight is 271 g/mol. The molecule has 0 saturated heterocycles. The number of aromatic carboxylic acids is 1. The van der Waals surface area contributed by atoms with Crippen LogP contribution in [0.2, 0.25) is 0 Å². The van der Waals surface area contributed by atoms with Gasteiger partial charge in [0.25, 0.3) is 0 Å². The minimum absolute atomic E-state index is 0.0676. The molecule has 1 amide bonds. The number of furan rings is 1. The van der Waals surface area contributed by atoms with E-state index in [1.807, 2.05) is 13.8 Å². The van der Waals surface area contributed by atoms with Gasteiger partial charge in [-0.25, -0.2) is 4.79 Å². The van der Waals surface area contributed by atoms with Crippen LogP contribution in [0.5, 0.6) is 0 Å². The Balaban J connectivity index is 2.39. The predicted octanol–water partition coefficient (Wildman–Crippen LogP) is 2.37. The Bertz CT molecular complexity index is 412. The topological polar surface area (TPSA) is 79.5 Å². The normalized spacial score (nSPS) is 10.6. The van der Waals surface area contributed by atoms with Gasteiger partial charge < -0.3 is 14.8 Å². The smallest absolute Gasteiger partial charge is 0.371 e. The van der Waals surface area contributed by atoms with Crippen LogP contribution in [-0.4, -0.2) is 28.8 Å². The fourth-order valence-corrected chi connectivity index (χ4v) is 2.08. The molecule has 0 bridgehead atoms. The molecule has 1 aromatic rings. The Morgan fingerprint density at radius 1 is 1.39 bits per heavy atom. The Morgan fingerprint density at radius 2 is 2.06 bits per heavy atom. The van der Waals surface area contributed by atoms with Crippen molar-refractivity contribution in [1.29, 1.82) is 0 Å². The molecule has 1 rings (SSSR count). The highest BCUT2D eigenvalue weighted by Gasteiger charge is 2.12. The number of carboxylic acid groups (broad SMARTS) is 1. The fraction of sp³-hybridized carbons (Fsp3) is 0.500. The molecule has 0 unspecified atom stereocenters. The molecule has 18 heavy (non-hydrogen) atoms. The summed E-state index contributed by atoms with van der Waals surface area (Å²) in [5.41, 5.74) is 0. The quantitative estimate of drug-likeness (QED) is 0.744. The van der Waals surface area contributed by atoms with Crippen molar-refractivity contribution in [2.45, 2.75) is 37.8 Å². The number of carbonyl (C=O) groups excluding carboxylic acids is 1. The molecule has 2 N–H and O–H groups in total. The van der Waals surface area contributed by atoms with Crippen LogP contribution in [0.1, 0.15) is 37.2 Å². The van der Waals surface area contributed by atoms with E-state index in [9.17, 15) is 9.59 Å². The largest absolute Gasteiger partial charge is 0.475 e. The van der Waals surface area contributed by atoms with E-state index < -0.39 is 5.97 Å². The summed E-state index contributed by atoms with van der Waals surface area (Å²) in [4.78, 5) is 22.2. The Labute approximate surface area is 110 Å². The molecule has 0 fully saturated rings. The summed E-state index contributed by atoms with van der Waals surface area (Å²) in [5.74, 6) is -1.06. The molecule has 0 atom stereocenters. The van der Waals surface area contributed by atoms with Gasteiger partial charge in [0, 0.05) is 6.04 Å². The third kappa shape index (κ3) is 4.44. The monoisotopic (exact) mass is 271 g/mol. The fourth-order valence-electron chi connectivity index (χ4n) is 1.41. The molecular formula is C12H17NO4S. The molecular weight excluding hydrogens is 254 g/mol. The van der Waals surface area contributed by atoms with Gasteiger partial charge in [0.2, 0.25) is 11.7 Å². The molecule has 0 aliphatic rings. The van der Waals surface area contributed by atoms with Crippen LogP contribution in [0.15, 0.2) is 21.6 Å². The van der Waals surface area contributed by atoms with E-state index in [1.165, 1.54) is 17.8 Å². The lowest BCUT2D eigenvalue weighted by molar-refractivity contribution is -0.119. The Morgan fingerprint density at radius 3 is 2.56 bits per heavy atom. The number of hydrogen-bond acceptors (Lipinski definition) is 4. The van der Waals surface area contributed by atoms with E-state index in [-0.39, 0.29) is 23.5 Å². The minimum atomic E-state index is -1.11. The van der Waals surface area contributed by atoms with Crippen LogP contribution in [0, 0.1) is 0 Å². The number of carboxylic acids is 1. The van der Waals surface area contributed by atoms with E-state index in [0.29, 0.717) is 5.09 Å². The lowest BCUT2D eigenvalue weighted by Crippen LogP contribution is -2.34. The van der Waals surface area contributed by atoms with Gasteiger partial charge in [0.1, 0.15) is 0 Å². The van der Waals surface area contributed by atoms with Crippen LogP contribution in [0.3, 0.4) is 0 Å². The number of rotatable bonds is 7. The van der Waals surface area contributed by atoms with Gasteiger partial charge in [-0.2, -0.15) is 0 Å². The second-order valence-electron chi connectivity index (χ2n) is 3.79. The average Bonchev–Trinajstić information content (AvgIpc) is 2.82. The van der Waals surface area contributed by atoms with Gasteiger partial charge in [-0.05, 0) is 25.0 Å². The van der Waals surface area contributed by atoms with Crippen molar-refractivity contribution in [2.75, 3.05) is 5.75 Å².